The highest BCUT2D eigenvalue weighted by Gasteiger charge is 2.55. The minimum Gasteiger partial charge on any atom is -0.135 e. The first-order chi connectivity index (χ1) is 54.5. The zero-order chi connectivity index (χ0) is 71.1. The highest BCUT2D eigenvalue weighted by atomic mass is 32.1. The average molecular weight is 1460 g/mol. The molecule has 0 bridgehead atoms. The molecule has 23 aromatic rings. The molecule has 504 valence electrons. The van der Waals surface area contributed by atoms with Crippen molar-refractivity contribution in [1.29, 1.82) is 0 Å². The summed E-state index contributed by atoms with van der Waals surface area (Å²) in [5.74, 6) is 0. The van der Waals surface area contributed by atoms with Gasteiger partial charge in [-0.15, -0.1) is 45.3 Å². The van der Waals surface area contributed by atoms with E-state index in [-0.39, 0.29) is 0 Å². The van der Waals surface area contributed by atoms with Crippen LogP contribution in [0.3, 0.4) is 0 Å². The number of hydrogen-bond donors (Lipinski definition) is 0. The van der Waals surface area contributed by atoms with Gasteiger partial charge in [-0.05, 0) is 237 Å². The van der Waals surface area contributed by atoms with E-state index in [1.54, 1.807) is 0 Å². The lowest BCUT2D eigenvalue weighted by Gasteiger charge is -2.32. The lowest BCUT2D eigenvalue weighted by atomic mass is 9.68. The number of thiophene rings is 4. The molecule has 0 radical (unpaired) electrons. The smallest absolute Gasteiger partial charge is 0.0726 e. The van der Waals surface area contributed by atoms with Gasteiger partial charge >= 0.3 is 0 Å². The van der Waals surface area contributed by atoms with Crippen LogP contribution in [-0.2, 0) is 10.8 Å². The molecule has 2 spiro atoms. The fourth-order valence-electron chi connectivity index (χ4n) is 21.7. The maximum Gasteiger partial charge on any atom is 0.0726 e. The normalized spacial score (nSPS) is 14.0. The summed E-state index contributed by atoms with van der Waals surface area (Å²) in [6.07, 6.45) is 0. The topological polar surface area (TPSA) is 0 Å². The molecule has 4 heteroatoms. The van der Waals surface area contributed by atoms with Gasteiger partial charge in [0.2, 0.25) is 0 Å². The zero-order valence-electron chi connectivity index (χ0n) is 59.0. The number of rotatable bonds is 4. The van der Waals surface area contributed by atoms with Crippen LogP contribution in [0.15, 0.2) is 340 Å². The van der Waals surface area contributed by atoms with E-state index >= 15 is 0 Å². The molecule has 0 amide bonds. The Hall–Kier alpha value is -12.6. The summed E-state index contributed by atoms with van der Waals surface area (Å²) in [7, 11) is 0. The highest BCUT2D eigenvalue weighted by molar-refractivity contribution is 7.27. The lowest BCUT2D eigenvalue weighted by Crippen LogP contribution is -2.26. The molecule has 0 saturated heterocycles. The minimum atomic E-state index is -0.700. The van der Waals surface area contributed by atoms with Crippen LogP contribution in [0.1, 0.15) is 44.5 Å². The largest absolute Gasteiger partial charge is 0.135 e. The first-order valence-electron chi connectivity index (χ1n) is 38.2. The maximum absolute atomic E-state index is 2.71. The molecule has 0 fully saturated rings. The van der Waals surface area contributed by atoms with E-state index in [0.29, 0.717) is 0 Å². The van der Waals surface area contributed by atoms with Gasteiger partial charge in [0.05, 0.1) is 10.8 Å². The molecule has 0 aliphatic heterocycles. The third kappa shape index (κ3) is 7.29. The first-order valence-corrected chi connectivity index (χ1v) is 41.4. The minimum absolute atomic E-state index is 0.700. The van der Waals surface area contributed by atoms with Crippen molar-refractivity contribution in [3.05, 3.63) is 384 Å². The number of benzene rings is 19. The summed E-state index contributed by atoms with van der Waals surface area (Å²) in [6.45, 7) is 0. The quantitative estimate of drug-likeness (QED) is 0.122. The van der Waals surface area contributed by atoms with E-state index in [1.165, 1.54) is 257 Å². The van der Waals surface area contributed by atoms with Crippen LogP contribution in [0.2, 0.25) is 0 Å². The van der Waals surface area contributed by atoms with Crippen molar-refractivity contribution in [2.75, 3.05) is 0 Å². The van der Waals surface area contributed by atoms with Gasteiger partial charge in [-0.3, -0.25) is 0 Å². The summed E-state index contributed by atoms with van der Waals surface area (Å²) in [5.41, 5.74) is 29.9. The van der Waals surface area contributed by atoms with Gasteiger partial charge < -0.3 is 0 Å². The van der Waals surface area contributed by atoms with Crippen LogP contribution in [0.4, 0.5) is 0 Å². The second-order valence-electron chi connectivity index (χ2n) is 30.9. The molecule has 4 aliphatic carbocycles. The SMILES string of the molecule is c1ccc2c(c1)-c1c(cc3c4cccc5c6c(cc(c7cccc1c73)c54)C1(c3cc(-c4cccc5c4sc4ccccc45)ccc3-c3ccc(-c4cccc5c4sc4ccccc45)cc31)c1ccccc1-6)C21c2cc(-c3cccc4c3sc3ccccc34)ccc2-c2ccc(-c3cccc4c3sc3ccccc34)cc21. The Kier molecular flexibility index (Phi) is 11.4. The maximum atomic E-state index is 2.71. The van der Waals surface area contributed by atoms with Crippen molar-refractivity contribution in [1.82, 2.24) is 0 Å². The zero-order valence-corrected chi connectivity index (χ0v) is 62.2. The van der Waals surface area contributed by atoms with Crippen LogP contribution < -0.4 is 0 Å². The first kappa shape index (κ1) is 59.4. The van der Waals surface area contributed by atoms with Crippen LogP contribution in [-0.4, -0.2) is 0 Å². The summed E-state index contributed by atoms with van der Waals surface area (Å²) in [5, 5.41) is 20.9. The molecule has 27 rings (SSSR count). The van der Waals surface area contributed by atoms with E-state index in [2.05, 4.69) is 340 Å². The van der Waals surface area contributed by atoms with E-state index in [0.717, 1.165) is 0 Å². The van der Waals surface area contributed by atoms with Crippen LogP contribution in [0.25, 0.3) is 213 Å². The molecule has 19 aromatic carbocycles. The second kappa shape index (κ2) is 21.2. The van der Waals surface area contributed by atoms with Crippen LogP contribution in [0.5, 0.6) is 0 Å². The summed E-state index contributed by atoms with van der Waals surface area (Å²) < 4.78 is 10.6. The van der Waals surface area contributed by atoms with Gasteiger partial charge in [0.15, 0.2) is 0 Å². The van der Waals surface area contributed by atoms with Crippen LogP contribution >= 0.6 is 45.3 Å². The van der Waals surface area contributed by atoms with Gasteiger partial charge in [0.1, 0.15) is 0 Å². The third-order valence-electron chi connectivity index (χ3n) is 26.0. The molecule has 4 heterocycles. The van der Waals surface area contributed by atoms with Crippen molar-refractivity contribution in [3.63, 3.8) is 0 Å². The Morgan fingerprint density at radius 1 is 0.155 bits per heavy atom. The Morgan fingerprint density at radius 3 is 0.736 bits per heavy atom. The standard InChI is InChI=1S/C106H56S4/c1-7-37-85-79(23-1)99-81-35-17-29-73-84-56-92-100(80-24-2-8-38-86(80)106(92)89-53-59(63-27-15-33-77-71-21-5-11-41-95(71)109-103(63)77)45-49-67(89)68-50-46-60(54-90(68)106)64-28-16-34-78-72-22-6-12-42-96(72)110-104(64)78)82-36-18-30-74(98(82)84)83(97(73)81)55-91(99)105(85)87-51-57(61-25-13-31-75-69-19-3-9-39-93(69)107-101(61)75)43-47-65(87)66-48-44-58(52-88(66)105)62-26-14-32-76-70-20-4-10-40-94(70)108-102(62)76/h1-56H. The Morgan fingerprint density at radius 2 is 0.409 bits per heavy atom. The van der Waals surface area contributed by atoms with E-state index < -0.39 is 10.8 Å². The lowest BCUT2D eigenvalue weighted by molar-refractivity contribution is 0.796. The van der Waals surface area contributed by atoms with Gasteiger partial charge in [-0.2, -0.15) is 0 Å². The van der Waals surface area contributed by atoms with Crippen molar-refractivity contribution in [3.8, 4) is 89.0 Å². The van der Waals surface area contributed by atoms with E-state index in [1.807, 2.05) is 45.3 Å². The molecule has 4 aliphatic rings. The Labute approximate surface area is 647 Å². The summed E-state index contributed by atoms with van der Waals surface area (Å²) in [6, 6.07) is 133. The highest BCUT2D eigenvalue weighted by Crippen LogP contribution is 2.69. The fraction of sp³-hybridized carbons (Fsp3) is 0.0189. The van der Waals surface area contributed by atoms with Gasteiger partial charge in [-0.25, -0.2) is 0 Å². The molecular formula is C106H56S4. The molecular weight excluding hydrogens is 1400 g/mol. The van der Waals surface area contributed by atoms with Gasteiger partial charge in [0, 0.05) is 80.7 Å². The van der Waals surface area contributed by atoms with Crippen molar-refractivity contribution in [2.45, 2.75) is 10.8 Å². The van der Waals surface area contributed by atoms with Crippen molar-refractivity contribution >= 4 is 169 Å². The number of fused-ring (bicyclic) bond motifs is 36. The molecule has 0 atom stereocenters. The number of hydrogen-bond acceptors (Lipinski definition) is 4. The van der Waals surface area contributed by atoms with Crippen molar-refractivity contribution < 1.29 is 0 Å². The second-order valence-corrected chi connectivity index (χ2v) is 35.1. The van der Waals surface area contributed by atoms with Crippen molar-refractivity contribution in [2.24, 2.45) is 0 Å². The van der Waals surface area contributed by atoms with Gasteiger partial charge in [0.25, 0.3) is 0 Å². The molecule has 0 unspecified atom stereocenters. The molecule has 4 aromatic heterocycles. The Balaban J connectivity index is 0.743. The van der Waals surface area contributed by atoms with E-state index in [4.69, 9.17) is 0 Å². The molecule has 0 saturated carbocycles. The summed E-state index contributed by atoms with van der Waals surface area (Å²) >= 11 is 7.67. The van der Waals surface area contributed by atoms with Gasteiger partial charge in [-0.1, -0.05) is 279 Å². The summed E-state index contributed by atoms with van der Waals surface area (Å²) in [4.78, 5) is 0. The average Bonchev–Trinajstić information content (AvgIpc) is 1.48. The monoisotopic (exact) mass is 1460 g/mol. The predicted octanol–water partition coefficient (Wildman–Crippen LogP) is 30.6. The fourth-order valence-corrected chi connectivity index (χ4v) is 26.7. The third-order valence-corrected chi connectivity index (χ3v) is 30.9. The molecule has 0 N–H and O–H groups in total. The Bertz CT molecular complexity index is 7380. The van der Waals surface area contributed by atoms with Crippen LogP contribution in [0, 0.1) is 0 Å². The molecule has 0 nitrogen and oxygen atoms in total. The molecule has 110 heavy (non-hydrogen) atoms. The van der Waals surface area contributed by atoms with E-state index in [9.17, 15) is 0 Å². The predicted molar refractivity (Wildman–Crippen MR) is 474 cm³/mol.